The van der Waals surface area contributed by atoms with E-state index in [9.17, 15) is 24.6 Å². The molecule has 2 aromatic rings. The fourth-order valence-electron chi connectivity index (χ4n) is 5.55. The van der Waals surface area contributed by atoms with E-state index in [-0.39, 0.29) is 18.2 Å². The molecule has 35 heavy (non-hydrogen) atoms. The molecular weight excluding hydrogens is 450 g/mol. The first kappa shape index (κ1) is 22.9. The minimum absolute atomic E-state index is 0.0635. The van der Waals surface area contributed by atoms with Crippen LogP contribution in [0, 0.1) is 11.8 Å². The van der Waals surface area contributed by atoms with Crippen molar-refractivity contribution in [3.63, 3.8) is 0 Å². The summed E-state index contributed by atoms with van der Waals surface area (Å²) >= 11 is 0. The average molecular weight is 474 g/mol. The molecule has 0 bridgehead atoms. The van der Waals surface area contributed by atoms with Crippen LogP contribution in [0.4, 0.5) is 0 Å². The minimum Gasteiger partial charge on any atom is -0.543 e. The van der Waals surface area contributed by atoms with Gasteiger partial charge in [0.15, 0.2) is 0 Å². The molecule has 3 unspecified atom stereocenters. The lowest BCUT2D eigenvalue weighted by atomic mass is 9.78. The highest BCUT2D eigenvalue weighted by Crippen LogP contribution is 2.50. The van der Waals surface area contributed by atoms with Gasteiger partial charge in [0.05, 0.1) is 36.8 Å². The number of carboxylic acids is 1. The lowest BCUT2D eigenvalue weighted by molar-refractivity contribution is -0.301. The first-order valence-electron chi connectivity index (χ1n) is 11.4. The molecule has 8 nitrogen and oxygen atoms in total. The Morgan fingerprint density at radius 3 is 2.49 bits per heavy atom. The van der Waals surface area contributed by atoms with Crippen molar-refractivity contribution in [2.75, 3.05) is 13.7 Å². The maximum absolute atomic E-state index is 12.6. The van der Waals surface area contributed by atoms with Crippen LogP contribution in [-0.4, -0.2) is 53.7 Å². The van der Waals surface area contributed by atoms with E-state index in [1.165, 1.54) is 25.0 Å². The molecule has 5 rings (SSSR count). The zero-order valence-electron chi connectivity index (χ0n) is 19.5. The average Bonchev–Trinajstić information content (AvgIpc) is 3.27. The van der Waals surface area contributed by atoms with Gasteiger partial charge in [-0.15, -0.1) is 0 Å². The summed E-state index contributed by atoms with van der Waals surface area (Å²) < 4.78 is 11.0. The number of amides is 1. The summed E-state index contributed by atoms with van der Waals surface area (Å²) in [6.45, 7) is 3.30. The Morgan fingerprint density at radius 1 is 1.14 bits per heavy atom. The molecule has 1 aliphatic carbocycles. The number of ether oxygens (including phenoxy) is 2. The van der Waals surface area contributed by atoms with E-state index in [4.69, 9.17) is 9.47 Å². The number of nitrogens with zero attached hydrogens (tertiary/aromatic N) is 1. The summed E-state index contributed by atoms with van der Waals surface area (Å²) in [4.78, 5) is 37.8. The molecule has 0 radical (unpaired) electrons. The number of aliphatic hydroxyl groups is 1. The molecule has 180 valence electrons. The van der Waals surface area contributed by atoms with E-state index in [2.05, 4.69) is 0 Å². The molecule has 2 heterocycles. The van der Waals surface area contributed by atoms with Crippen LogP contribution >= 0.6 is 0 Å². The maximum Gasteiger partial charge on any atom is 0.331 e. The Bertz CT molecular complexity index is 1320. The van der Waals surface area contributed by atoms with E-state index < -0.39 is 35.9 Å². The van der Waals surface area contributed by atoms with Crippen LogP contribution in [0.1, 0.15) is 25.0 Å². The smallest absolute Gasteiger partial charge is 0.331 e. The molecule has 2 aliphatic heterocycles. The van der Waals surface area contributed by atoms with Crippen molar-refractivity contribution in [2.24, 2.45) is 11.8 Å². The van der Waals surface area contributed by atoms with Crippen molar-refractivity contribution in [3.05, 3.63) is 70.9 Å². The normalized spacial score (nSPS) is 24.0. The molecule has 0 saturated carbocycles. The van der Waals surface area contributed by atoms with Gasteiger partial charge in [-0.05, 0) is 40.8 Å². The predicted octanol–water partition coefficient (Wildman–Crippen LogP) is 1.51. The molecule has 1 amide bonds. The number of benzene rings is 2. The number of rotatable bonds is 6. The third kappa shape index (κ3) is 3.36. The van der Waals surface area contributed by atoms with Crippen molar-refractivity contribution in [1.29, 1.82) is 0 Å². The van der Waals surface area contributed by atoms with Gasteiger partial charge in [-0.3, -0.25) is 4.79 Å². The number of methoxy groups -OCH3 is 1. The predicted molar refractivity (Wildman–Crippen MR) is 123 cm³/mol. The number of esters is 1. The number of β-lactam (4-membered cyclic amide) rings is 1. The number of carbonyl (C=O) groups excluding carboxylic acids is 3. The first-order valence-corrected chi connectivity index (χ1v) is 11.4. The SMILES string of the molecule is COC(=O)/C=C1/c2ccccc2-c2c(OCC3=C(C(=O)[O-])N4C(=O)C(C(C)O)C4[C@H]3C)cccc21. The molecule has 8 heteroatoms. The van der Waals surface area contributed by atoms with Crippen LogP contribution in [0.25, 0.3) is 16.7 Å². The van der Waals surface area contributed by atoms with Gasteiger partial charge in [0.25, 0.3) is 0 Å². The summed E-state index contributed by atoms with van der Waals surface area (Å²) in [5.41, 5.74) is 4.32. The molecule has 3 aliphatic rings. The van der Waals surface area contributed by atoms with Gasteiger partial charge in [-0.1, -0.05) is 43.3 Å². The Kier molecular flexibility index (Phi) is 5.48. The lowest BCUT2D eigenvalue weighted by Gasteiger charge is -2.47. The fourth-order valence-corrected chi connectivity index (χ4v) is 5.55. The molecule has 4 atom stereocenters. The van der Waals surface area contributed by atoms with Crippen LogP contribution in [0.3, 0.4) is 0 Å². The molecule has 2 aromatic carbocycles. The van der Waals surface area contributed by atoms with Crippen molar-refractivity contribution in [1.82, 2.24) is 4.90 Å². The third-order valence-corrected chi connectivity index (χ3v) is 7.16. The Morgan fingerprint density at radius 2 is 1.83 bits per heavy atom. The summed E-state index contributed by atoms with van der Waals surface area (Å²) in [6, 6.07) is 12.7. The standard InChI is InChI=1S/C27H25NO7/c1-13-19(25(27(32)33)28-24(13)22(14(2)29)26(28)31)12-35-20-10-6-9-17-18(11-21(30)34-3)15-7-4-5-8-16(15)23(17)20/h4-11,13-14,22,24,29H,12H2,1-3H3,(H,32,33)/p-1/b18-11-/t13-,14?,22?,24?/m0/s1. The second-order valence-electron chi connectivity index (χ2n) is 9.01. The summed E-state index contributed by atoms with van der Waals surface area (Å²) in [7, 11) is 1.32. The van der Waals surface area contributed by atoms with Crippen LogP contribution in [-0.2, 0) is 19.1 Å². The molecule has 1 saturated heterocycles. The highest BCUT2D eigenvalue weighted by molar-refractivity contribution is 6.08. The van der Waals surface area contributed by atoms with E-state index in [1.54, 1.807) is 12.1 Å². The summed E-state index contributed by atoms with van der Waals surface area (Å²) in [5.74, 6) is -2.79. The number of aliphatic hydroxyl groups excluding tert-OH is 1. The van der Waals surface area contributed by atoms with E-state index in [1.807, 2.05) is 37.3 Å². The largest absolute Gasteiger partial charge is 0.543 e. The minimum atomic E-state index is -1.44. The van der Waals surface area contributed by atoms with Gasteiger partial charge in [0, 0.05) is 17.6 Å². The van der Waals surface area contributed by atoms with Gasteiger partial charge in [-0.25, -0.2) is 4.79 Å². The van der Waals surface area contributed by atoms with Crippen molar-refractivity contribution >= 4 is 23.4 Å². The number of hydrogen-bond acceptors (Lipinski definition) is 7. The number of hydrogen-bond donors (Lipinski definition) is 1. The van der Waals surface area contributed by atoms with Crippen molar-refractivity contribution in [3.8, 4) is 16.9 Å². The molecule has 0 spiro atoms. The Labute approximate surface area is 202 Å². The van der Waals surface area contributed by atoms with E-state index in [0.717, 1.165) is 22.3 Å². The Balaban J connectivity index is 1.52. The van der Waals surface area contributed by atoms with Gasteiger partial charge < -0.3 is 29.4 Å². The highest BCUT2D eigenvalue weighted by Gasteiger charge is 2.58. The highest BCUT2D eigenvalue weighted by atomic mass is 16.5. The lowest BCUT2D eigenvalue weighted by Crippen LogP contribution is -2.64. The van der Waals surface area contributed by atoms with Gasteiger partial charge in [0.2, 0.25) is 5.91 Å². The van der Waals surface area contributed by atoms with Gasteiger partial charge in [-0.2, -0.15) is 0 Å². The van der Waals surface area contributed by atoms with Crippen LogP contribution in [0.5, 0.6) is 5.75 Å². The quantitative estimate of drug-likeness (QED) is 0.327. The summed E-state index contributed by atoms with van der Waals surface area (Å²) in [5, 5.41) is 22.0. The maximum atomic E-state index is 12.6. The van der Waals surface area contributed by atoms with Crippen molar-refractivity contribution in [2.45, 2.75) is 26.0 Å². The van der Waals surface area contributed by atoms with E-state index >= 15 is 0 Å². The molecular formula is C27H24NO7-. The second kappa shape index (κ2) is 8.39. The Hall–Kier alpha value is -3.91. The monoisotopic (exact) mass is 474 g/mol. The number of fused-ring (bicyclic) bond motifs is 4. The zero-order chi connectivity index (χ0) is 25.0. The second-order valence-corrected chi connectivity index (χ2v) is 9.01. The molecule has 1 fully saturated rings. The van der Waals surface area contributed by atoms with Gasteiger partial charge in [0.1, 0.15) is 12.4 Å². The van der Waals surface area contributed by atoms with Gasteiger partial charge >= 0.3 is 5.97 Å². The van der Waals surface area contributed by atoms with Crippen molar-refractivity contribution < 1.29 is 34.1 Å². The first-order chi connectivity index (χ1) is 16.8. The van der Waals surface area contributed by atoms with E-state index in [0.29, 0.717) is 16.9 Å². The van der Waals surface area contributed by atoms with Crippen LogP contribution in [0.15, 0.2) is 59.8 Å². The molecule has 1 N–H and O–H groups in total. The van der Waals surface area contributed by atoms with Crippen LogP contribution < -0.4 is 9.84 Å². The third-order valence-electron chi connectivity index (χ3n) is 7.16. The summed E-state index contributed by atoms with van der Waals surface area (Å²) in [6.07, 6.45) is 0.556. The number of aliphatic carboxylic acids is 1. The molecule has 0 aromatic heterocycles. The fraction of sp³-hybridized carbons (Fsp3) is 0.296. The topological polar surface area (TPSA) is 116 Å². The number of carboxylic acid groups (broad SMARTS) is 1. The number of carbonyl (C=O) groups is 3. The van der Waals surface area contributed by atoms with Crippen LogP contribution in [0.2, 0.25) is 0 Å². The zero-order valence-corrected chi connectivity index (χ0v) is 19.5.